The first-order chi connectivity index (χ1) is 6.86. The van der Waals surface area contributed by atoms with Crippen LogP contribution in [0.5, 0.6) is 5.75 Å². The molecule has 14 heavy (non-hydrogen) atoms. The summed E-state index contributed by atoms with van der Waals surface area (Å²) in [5.41, 5.74) is 0.898. The Bertz CT molecular complexity index is 242. The maximum absolute atomic E-state index is 8.61. The average molecular weight is 197 g/mol. The van der Waals surface area contributed by atoms with Crippen molar-refractivity contribution in [3.05, 3.63) is 24.3 Å². The molecule has 0 radical (unpaired) electrons. The molecule has 0 aliphatic rings. The number of rotatable bonds is 6. The Morgan fingerprint density at radius 3 is 2.79 bits per heavy atom. The highest BCUT2D eigenvalue weighted by atomic mass is 16.5. The van der Waals surface area contributed by atoms with Gasteiger partial charge in [-0.25, -0.2) is 0 Å². The van der Waals surface area contributed by atoms with Crippen molar-refractivity contribution in [1.29, 1.82) is 0 Å². The van der Waals surface area contributed by atoms with Crippen molar-refractivity contribution in [2.75, 3.05) is 31.7 Å². The Morgan fingerprint density at radius 1 is 1.21 bits per heavy atom. The summed E-state index contributed by atoms with van der Waals surface area (Å²) in [4.78, 5) is 0. The van der Waals surface area contributed by atoms with Gasteiger partial charge in [0, 0.05) is 18.3 Å². The van der Waals surface area contributed by atoms with Crippen LogP contribution in [0, 0.1) is 0 Å². The molecule has 4 heteroatoms. The minimum atomic E-state index is 0.00823. The average Bonchev–Trinajstić information content (AvgIpc) is 2.24. The summed E-state index contributed by atoms with van der Waals surface area (Å²) in [6, 6.07) is 7.39. The first kappa shape index (κ1) is 10.8. The van der Waals surface area contributed by atoms with Crippen molar-refractivity contribution in [2.24, 2.45) is 0 Å². The van der Waals surface area contributed by atoms with Crippen LogP contribution in [0.15, 0.2) is 24.3 Å². The molecule has 0 spiro atoms. The Labute approximate surface area is 83.1 Å². The van der Waals surface area contributed by atoms with Crippen LogP contribution in [0.3, 0.4) is 0 Å². The van der Waals surface area contributed by atoms with E-state index in [1.165, 1.54) is 0 Å². The number of aliphatic hydroxyl groups is 2. The van der Waals surface area contributed by atoms with E-state index >= 15 is 0 Å². The monoisotopic (exact) mass is 197 g/mol. The quantitative estimate of drug-likeness (QED) is 0.620. The highest BCUT2D eigenvalue weighted by Crippen LogP contribution is 2.16. The van der Waals surface area contributed by atoms with Crippen molar-refractivity contribution in [2.45, 2.75) is 0 Å². The second kappa shape index (κ2) is 6.23. The largest absolute Gasteiger partial charge is 0.491 e. The standard InChI is InChI=1S/C10H15NO3/c12-5-4-11-9-2-1-3-10(8-9)14-7-6-13/h1-3,8,11-13H,4-7H2. The van der Waals surface area contributed by atoms with Gasteiger partial charge in [0.1, 0.15) is 12.4 Å². The second-order valence-corrected chi connectivity index (χ2v) is 2.75. The molecule has 0 fully saturated rings. The molecule has 0 aliphatic heterocycles. The van der Waals surface area contributed by atoms with E-state index in [0.717, 1.165) is 5.69 Å². The summed E-state index contributed by atoms with van der Waals surface area (Å²) < 4.78 is 5.22. The van der Waals surface area contributed by atoms with E-state index in [-0.39, 0.29) is 13.2 Å². The number of hydrogen-bond acceptors (Lipinski definition) is 4. The maximum atomic E-state index is 8.61. The SMILES string of the molecule is OCCNc1cccc(OCCO)c1. The Hall–Kier alpha value is -1.26. The van der Waals surface area contributed by atoms with Crippen molar-refractivity contribution in [3.8, 4) is 5.75 Å². The minimum absolute atomic E-state index is 0.00823. The van der Waals surface area contributed by atoms with Crippen LogP contribution < -0.4 is 10.1 Å². The van der Waals surface area contributed by atoms with Crippen LogP contribution in [-0.4, -0.2) is 36.6 Å². The third kappa shape index (κ3) is 3.64. The van der Waals surface area contributed by atoms with Gasteiger partial charge in [-0.1, -0.05) is 6.07 Å². The molecule has 0 amide bonds. The summed E-state index contributed by atoms with van der Waals surface area (Å²) in [6.07, 6.45) is 0. The molecule has 3 N–H and O–H groups in total. The van der Waals surface area contributed by atoms with Crippen molar-refractivity contribution < 1.29 is 14.9 Å². The molecule has 0 bridgehead atoms. The van der Waals surface area contributed by atoms with Crippen molar-refractivity contribution >= 4 is 5.69 Å². The van der Waals surface area contributed by atoms with Crippen molar-refractivity contribution in [3.63, 3.8) is 0 Å². The normalized spacial score (nSPS) is 9.86. The number of aliphatic hydroxyl groups excluding tert-OH is 2. The molecule has 0 saturated heterocycles. The molecule has 4 nitrogen and oxygen atoms in total. The lowest BCUT2D eigenvalue weighted by atomic mass is 10.3. The summed E-state index contributed by atoms with van der Waals surface area (Å²) in [5.74, 6) is 0.710. The fourth-order valence-corrected chi connectivity index (χ4v) is 1.06. The summed E-state index contributed by atoms with van der Waals surface area (Å²) >= 11 is 0. The number of hydrogen-bond donors (Lipinski definition) is 3. The maximum Gasteiger partial charge on any atom is 0.121 e. The van der Waals surface area contributed by atoms with Crippen LogP contribution in [0.4, 0.5) is 5.69 Å². The summed E-state index contributed by atoms with van der Waals surface area (Å²) in [6.45, 7) is 0.920. The van der Waals surface area contributed by atoms with E-state index in [9.17, 15) is 0 Å². The molecule has 0 heterocycles. The van der Waals surface area contributed by atoms with Crippen LogP contribution in [0.1, 0.15) is 0 Å². The molecule has 1 rings (SSSR count). The second-order valence-electron chi connectivity index (χ2n) is 2.75. The smallest absolute Gasteiger partial charge is 0.121 e. The van der Waals surface area contributed by atoms with Gasteiger partial charge in [0.25, 0.3) is 0 Å². The van der Waals surface area contributed by atoms with Gasteiger partial charge in [-0.2, -0.15) is 0 Å². The first-order valence-corrected chi connectivity index (χ1v) is 4.55. The fraction of sp³-hybridized carbons (Fsp3) is 0.400. The molecule has 0 unspecified atom stereocenters. The van der Waals surface area contributed by atoms with Gasteiger partial charge in [0.2, 0.25) is 0 Å². The lowest BCUT2D eigenvalue weighted by Gasteiger charge is -2.07. The van der Waals surface area contributed by atoms with Crippen LogP contribution in [0.2, 0.25) is 0 Å². The van der Waals surface area contributed by atoms with Crippen molar-refractivity contribution in [1.82, 2.24) is 0 Å². The predicted molar refractivity (Wildman–Crippen MR) is 54.6 cm³/mol. The van der Waals surface area contributed by atoms with E-state index in [0.29, 0.717) is 18.9 Å². The fourth-order valence-electron chi connectivity index (χ4n) is 1.06. The summed E-state index contributed by atoms with van der Waals surface area (Å²) in [7, 11) is 0. The van der Waals surface area contributed by atoms with Gasteiger partial charge in [0.15, 0.2) is 0 Å². The van der Waals surface area contributed by atoms with Gasteiger partial charge in [-0.15, -0.1) is 0 Å². The van der Waals surface area contributed by atoms with E-state index in [1.807, 2.05) is 24.3 Å². The number of benzene rings is 1. The molecule has 1 aromatic rings. The number of ether oxygens (including phenoxy) is 1. The van der Waals surface area contributed by atoms with E-state index in [4.69, 9.17) is 14.9 Å². The van der Waals surface area contributed by atoms with E-state index < -0.39 is 0 Å². The van der Waals surface area contributed by atoms with Gasteiger partial charge in [-0.05, 0) is 12.1 Å². The molecule has 0 aromatic heterocycles. The summed E-state index contributed by atoms with van der Waals surface area (Å²) in [5, 5.41) is 20.2. The van der Waals surface area contributed by atoms with E-state index in [2.05, 4.69) is 5.32 Å². The lowest BCUT2D eigenvalue weighted by Crippen LogP contribution is -2.06. The Kier molecular flexibility index (Phi) is 4.82. The van der Waals surface area contributed by atoms with E-state index in [1.54, 1.807) is 0 Å². The Morgan fingerprint density at radius 2 is 2.07 bits per heavy atom. The van der Waals surface area contributed by atoms with Gasteiger partial charge < -0.3 is 20.3 Å². The third-order valence-electron chi connectivity index (χ3n) is 1.63. The Balaban J connectivity index is 2.50. The zero-order valence-corrected chi connectivity index (χ0v) is 7.94. The van der Waals surface area contributed by atoms with Crippen LogP contribution in [0.25, 0.3) is 0 Å². The highest BCUT2D eigenvalue weighted by Gasteiger charge is 1.95. The number of nitrogens with one attached hydrogen (secondary N) is 1. The third-order valence-corrected chi connectivity index (χ3v) is 1.63. The number of anilines is 1. The predicted octanol–water partition coefficient (Wildman–Crippen LogP) is 0.462. The zero-order chi connectivity index (χ0) is 10.2. The molecule has 78 valence electrons. The van der Waals surface area contributed by atoms with Gasteiger partial charge in [-0.3, -0.25) is 0 Å². The molecule has 0 aliphatic carbocycles. The zero-order valence-electron chi connectivity index (χ0n) is 7.94. The van der Waals surface area contributed by atoms with Crippen LogP contribution >= 0.6 is 0 Å². The molecule has 0 atom stereocenters. The molecule has 0 saturated carbocycles. The molecular formula is C10H15NO3. The minimum Gasteiger partial charge on any atom is -0.491 e. The lowest BCUT2D eigenvalue weighted by molar-refractivity contribution is 0.201. The molecular weight excluding hydrogens is 182 g/mol. The van der Waals surface area contributed by atoms with Crippen LogP contribution in [-0.2, 0) is 0 Å². The highest BCUT2D eigenvalue weighted by molar-refractivity contribution is 5.48. The topological polar surface area (TPSA) is 61.7 Å². The first-order valence-electron chi connectivity index (χ1n) is 4.55. The molecule has 1 aromatic carbocycles. The van der Waals surface area contributed by atoms with Gasteiger partial charge >= 0.3 is 0 Å². The van der Waals surface area contributed by atoms with Gasteiger partial charge in [0.05, 0.1) is 13.2 Å².